The minimum absolute atomic E-state index is 0.229. The van der Waals surface area contributed by atoms with E-state index in [1.165, 1.54) is 6.07 Å². The normalized spacial score (nSPS) is 9.95. The third kappa shape index (κ3) is 3.33. The third-order valence-electron chi connectivity index (χ3n) is 2.62. The first kappa shape index (κ1) is 13.6. The van der Waals surface area contributed by atoms with Crippen molar-refractivity contribution in [1.29, 1.82) is 5.26 Å². The van der Waals surface area contributed by atoms with Crippen LogP contribution in [0.2, 0.25) is 0 Å². The highest BCUT2D eigenvalue weighted by Gasteiger charge is 2.10. The number of rotatable bonds is 4. The summed E-state index contributed by atoms with van der Waals surface area (Å²) in [5, 5.41) is 9.11. The number of para-hydroxylation sites is 1. The summed E-state index contributed by atoms with van der Waals surface area (Å²) < 4.78 is 19.3. The van der Waals surface area contributed by atoms with Gasteiger partial charge in [0, 0.05) is 10.9 Å². The molecule has 2 aromatic carbocycles. The standard InChI is InChI=1S/C15H11BrFNO/c16-10-12-2-1-3-14(17)15(12)19-13-6-4-11(5-7-13)8-9-18/h1-7H,8,10H2. The maximum atomic E-state index is 13.7. The lowest BCUT2D eigenvalue weighted by Gasteiger charge is -2.10. The number of nitrogens with zero attached hydrogens (tertiary/aromatic N) is 1. The van der Waals surface area contributed by atoms with E-state index >= 15 is 0 Å². The number of hydrogen-bond donors (Lipinski definition) is 0. The first-order chi connectivity index (χ1) is 9.24. The van der Waals surface area contributed by atoms with Gasteiger partial charge in [-0.15, -0.1) is 0 Å². The fourth-order valence-electron chi connectivity index (χ4n) is 1.66. The van der Waals surface area contributed by atoms with E-state index in [0.29, 0.717) is 17.5 Å². The van der Waals surface area contributed by atoms with Crippen molar-refractivity contribution in [2.45, 2.75) is 11.8 Å². The van der Waals surface area contributed by atoms with Gasteiger partial charge in [-0.2, -0.15) is 5.26 Å². The van der Waals surface area contributed by atoms with Crippen LogP contribution in [0.1, 0.15) is 11.1 Å². The molecule has 0 heterocycles. The summed E-state index contributed by atoms with van der Waals surface area (Å²) in [4.78, 5) is 0. The average molecular weight is 320 g/mol. The lowest BCUT2D eigenvalue weighted by atomic mass is 10.1. The molecule has 0 bridgehead atoms. The quantitative estimate of drug-likeness (QED) is 0.773. The van der Waals surface area contributed by atoms with E-state index in [1.807, 2.05) is 0 Å². The van der Waals surface area contributed by atoms with Crippen LogP contribution in [0.15, 0.2) is 42.5 Å². The van der Waals surface area contributed by atoms with Crippen LogP contribution >= 0.6 is 15.9 Å². The molecule has 0 aliphatic heterocycles. The van der Waals surface area contributed by atoms with E-state index in [-0.39, 0.29) is 5.75 Å². The van der Waals surface area contributed by atoms with Gasteiger partial charge in [-0.05, 0) is 23.8 Å². The number of benzene rings is 2. The van der Waals surface area contributed by atoms with Crippen molar-refractivity contribution in [2.75, 3.05) is 0 Å². The van der Waals surface area contributed by atoms with Crippen molar-refractivity contribution in [3.8, 4) is 17.6 Å². The maximum absolute atomic E-state index is 13.7. The summed E-state index contributed by atoms with van der Waals surface area (Å²) in [6.45, 7) is 0. The Morgan fingerprint density at radius 1 is 1.16 bits per heavy atom. The summed E-state index contributed by atoms with van der Waals surface area (Å²) in [6, 6.07) is 14.0. The Morgan fingerprint density at radius 2 is 1.89 bits per heavy atom. The van der Waals surface area contributed by atoms with Gasteiger partial charge in [0.25, 0.3) is 0 Å². The molecule has 2 nitrogen and oxygen atoms in total. The highest BCUT2D eigenvalue weighted by atomic mass is 79.9. The van der Waals surface area contributed by atoms with E-state index in [4.69, 9.17) is 10.00 Å². The van der Waals surface area contributed by atoms with Crippen LogP contribution in [0.5, 0.6) is 11.5 Å². The van der Waals surface area contributed by atoms with Gasteiger partial charge < -0.3 is 4.74 Å². The molecule has 0 aliphatic carbocycles. The van der Waals surface area contributed by atoms with Crippen molar-refractivity contribution in [1.82, 2.24) is 0 Å². The molecule has 0 atom stereocenters. The molecule has 2 aromatic rings. The Bertz CT molecular complexity index is 605. The van der Waals surface area contributed by atoms with Crippen LogP contribution < -0.4 is 4.74 Å². The topological polar surface area (TPSA) is 33.0 Å². The van der Waals surface area contributed by atoms with E-state index < -0.39 is 5.82 Å². The molecule has 0 unspecified atom stereocenters. The SMILES string of the molecule is N#CCc1ccc(Oc2c(F)cccc2CBr)cc1. The van der Waals surface area contributed by atoms with Crippen molar-refractivity contribution < 1.29 is 9.13 Å². The molecule has 0 N–H and O–H groups in total. The van der Waals surface area contributed by atoms with Crippen molar-refractivity contribution in [3.05, 3.63) is 59.4 Å². The molecular weight excluding hydrogens is 309 g/mol. The predicted molar refractivity (Wildman–Crippen MR) is 74.9 cm³/mol. The van der Waals surface area contributed by atoms with Gasteiger partial charge in [0.05, 0.1) is 12.5 Å². The monoisotopic (exact) mass is 319 g/mol. The fraction of sp³-hybridized carbons (Fsp3) is 0.133. The highest BCUT2D eigenvalue weighted by molar-refractivity contribution is 9.08. The number of ether oxygens (including phenoxy) is 1. The Hall–Kier alpha value is -1.86. The second kappa shape index (κ2) is 6.35. The van der Waals surface area contributed by atoms with E-state index in [9.17, 15) is 4.39 Å². The molecule has 0 aromatic heterocycles. The summed E-state index contributed by atoms with van der Waals surface area (Å²) in [5.74, 6) is 0.388. The Balaban J connectivity index is 2.24. The maximum Gasteiger partial charge on any atom is 0.167 e. The van der Waals surface area contributed by atoms with Crippen molar-refractivity contribution in [3.63, 3.8) is 0 Å². The highest BCUT2D eigenvalue weighted by Crippen LogP contribution is 2.29. The zero-order valence-corrected chi connectivity index (χ0v) is 11.7. The fourth-order valence-corrected chi connectivity index (χ4v) is 2.10. The molecule has 0 amide bonds. The van der Waals surface area contributed by atoms with Crippen LogP contribution in [-0.2, 0) is 11.8 Å². The molecule has 0 spiro atoms. The van der Waals surface area contributed by atoms with Gasteiger partial charge >= 0.3 is 0 Å². The average Bonchev–Trinajstić information content (AvgIpc) is 2.43. The van der Waals surface area contributed by atoms with Crippen LogP contribution in [0.3, 0.4) is 0 Å². The molecule has 0 saturated carbocycles. The van der Waals surface area contributed by atoms with Crippen molar-refractivity contribution >= 4 is 15.9 Å². The van der Waals surface area contributed by atoms with Gasteiger partial charge in [0.1, 0.15) is 5.75 Å². The molecule has 19 heavy (non-hydrogen) atoms. The first-order valence-electron chi connectivity index (χ1n) is 5.71. The summed E-state index contributed by atoms with van der Waals surface area (Å²) in [5.41, 5.74) is 1.66. The molecule has 96 valence electrons. The molecule has 0 aliphatic rings. The lowest BCUT2D eigenvalue weighted by Crippen LogP contribution is -1.93. The third-order valence-corrected chi connectivity index (χ3v) is 3.22. The number of nitriles is 1. The molecule has 0 saturated heterocycles. The summed E-state index contributed by atoms with van der Waals surface area (Å²) in [7, 11) is 0. The van der Waals surface area contributed by atoms with E-state index in [0.717, 1.165) is 11.1 Å². The second-order valence-electron chi connectivity index (χ2n) is 3.94. The minimum atomic E-state index is -0.391. The van der Waals surface area contributed by atoms with E-state index in [2.05, 4.69) is 22.0 Å². The Kier molecular flexibility index (Phi) is 4.53. The largest absolute Gasteiger partial charge is 0.454 e. The van der Waals surface area contributed by atoms with Gasteiger partial charge in [0.15, 0.2) is 11.6 Å². The lowest BCUT2D eigenvalue weighted by molar-refractivity contribution is 0.438. The summed E-state index contributed by atoms with van der Waals surface area (Å²) >= 11 is 3.31. The number of alkyl halides is 1. The van der Waals surface area contributed by atoms with Gasteiger partial charge in [-0.25, -0.2) is 4.39 Å². The van der Waals surface area contributed by atoms with Crippen LogP contribution in [0.25, 0.3) is 0 Å². The van der Waals surface area contributed by atoms with E-state index in [1.54, 1.807) is 36.4 Å². The zero-order chi connectivity index (χ0) is 13.7. The molecular formula is C15H11BrFNO. The van der Waals surface area contributed by atoms with Gasteiger partial charge in [0.2, 0.25) is 0 Å². The van der Waals surface area contributed by atoms with Crippen molar-refractivity contribution in [2.24, 2.45) is 0 Å². The molecule has 2 rings (SSSR count). The molecule has 0 radical (unpaired) electrons. The molecule has 0 fully saturated rings. The minimum Gasteiger partial charge on any atom is -0.454 e. The van der Waals surface area contributed by atoms with Gasteiger partial charge in [-0.3, -0.25) is 0 Å². The summed E-state index contributed by atoms with van der Waals surface area (Å²) in [6.07, 6.45) is 0.354. The number of halogens is 2. The number of hydrogen-bond acceptors (Lipinski definition) is 2. The zero-order valence-electron chi connectivity index (χ0n) is 10.1. The smallest absolute Gasteiger partial charge is 0.167 e. The first-order valence-corrected chi connectivity index (χ1v) is 6.84. The Labute approximate surface area is 119 Å². The van der Waals surface area contributed by atoms with Crippen LogP contribution in [0.4, 0.5) is 4.39 Å². The van der Waals surface area contributed by atoms with Gasteiger partial charge in [-0.1, -0.05) is 40.2 Å². The Morgan fingerprint density at radius 3 is 2.53 bits per heavy atom. The second-order valence-corrected chi connectivity index (χ2v) is 4.50. The van der Waals surface area contributed by atoms with Crippen LogP contribution in [-0.4, -0.2) is 0 Å². The molecule has 4 heteroatoms. The van der Waals surface area contributed by atoms with Crippen LogP contribution in [0, 0.1) is 17.1 Å². The predicted octanol–water partition coefficient (Wildman–Crippen LogP) is 4.58.